The monoisotopic (exact) mass is 352 g/mol. The van der Waals surface area contributed by atoms with Crippen molar-refractivity contribution >= 4 is 38.9 Å². The zero-order chi connectivity index (χ0) is 17.0. The van der Waals surface area contributed by atoms with E-state index < -0.39 is 10.0 Å². The number of nitrogens with one attached hydrogen (secondary N) is 1. The van der Waals surface area contributed by atoms with Gasteiger partial charge in [0.25, 0.3) is 5.91 Å². The lowest BCUT2D eigenvalue weighted by atomic mass is 10.2. The molecule has 0 spiro atoms. The molecule has 0 aliphatic rings. The van der Waals surface area contributed by atoms with Gasteiger partial charge in [0.2, 0.25) is 10.0 Å². The molecule has 5 nitrogen and oxygen atoms in total. The Morgan fingerprint density at radius 2 is 1.83 bits per heavy atom. The lowest BCUT2D eigenvalue weighted by Gasteiger charge is -2.20. The van der Waals surface area contributed by atoms with Crippen LogP contribution in [0.25, 0.3) is 0 Å². The second-order valence-electron chi connectivity index (χ2n) is 4.94. The SMILES string of the molecule is CCN(c1ccc(C(=O)Nc2cccc(Cl)c2)cc1)S(C)(=O)=O. The minimum Gasteiger partial charge on any atom is -0.322 e. The summed E-state index contributed by atoms with van der Waals surface area (Å²) < 4.78 is 24.6. The molecule has 2 aromatic carbocycles. The zero-order valence-corrected chi connectivity index (χ0v) is 14.4. The van der Waals surface area contributed by atoms with Gasteiger partial charge in [-0.1, -0.05) is 17.7 Å². The molecule has 1 amide bonds. The van der Waals surface area contributed by atoms with E-state index in [0.717, 1.165) is 6.26 Å². The second-order valence-corrected chi connectivity index (χ2v) is 7.28. The lowest BCUT2D eigenvalue weighted by molar-refractivity contribution is 0.102. The molecule has 0 aliphatic carbocycles. The highest BCUT2D eigenvalue weighted by molar-refractivity contribution is 7.92. The van der Waals surface area contributed by atoms with E-state index in [9.17, 15) is 13.2 Å². The summed E-state index contributed by atoms with van der Waals surface area (Å²) in [7, 11) is -3.34. The Kier molecular flexibility index (Phi) is 5.28. The van der Waals surface area contributed by atoms with Crippen molar-refractivity contribution in [2.75, 3.05) is 22.4 Å². The first-order valence-corrected chi connectivity index (χ1v) is 9.18. The summed E-state index contributed by atoms with van der Waals surface area (Å²) in [6.07, 6.45) is 1.15. The highest BCUT2D eigenvalue weighted by atomic mass is 35.5. The van der Waals surface area contributed by atoms with Crippen molar-refractivity contribution < 1.29 is 13.2 Å². The van der Waals surface area contributed by atoms with E-state index in [-0.39, 0.29) is 5.91 Å². The molecule has 0 atom stereocenters. The number of hydrogen-bond acceptors (Lipinski definition) is 3. The number of carbonyl (C=O) groups is 1. The Hall–Kier alpha value is -2.05. The van der Waals surface area contributed by atoms with Gasteiger partial charge in [-0.05, 0) is 49.4 Å². The van der Waals surface area contributed by atoms with Gasteiger partial charge in [-0.3, -0.25) is 9.10 Å². The van der Waals surface area contributed by atoms with Crippen molar-refractivity contribution in [3.63, 3.8) is 0 Å². The molecule has 2 aromatic rings. The van der Waals surface area contributed by atoms with Crippen LogP contribution in [0.15, 0.2) is 48.5 Å². The molecular formula is C16H17ClN2O3S. The number of anilines is 2. The molecule has 122 valence electrons. The predicted molar refractivity (Wildman–Crippen MR) is 93.7 cm³/mol. The van der Waals surface area contributed by atoms with Gasteiger partial charge in [0.05, 0.1) is 11.9 Å². The van der Waals surface area contributed by atoms with Gasteiger partial charge in [0, 0.05) is 22.8 Å². The maximum atomic E-state index is 12.2. The summed E-state index contributed by atoms with van der Waals surface area (Å²) in [5.74, 6) is -0.291. The third-order valence-corrected chi connectivity index (χ3v) is 4.69. The van der Waals surface area contributed by atoms with Crippen LogP contribution in [0.1, 0.15) is 17.3 Å². The van der Waals surface area contributed by atoms with E-state index >= 15 is 0 Å². The van der Waals surface area contributed by atoms with Crippen molar-refractivity contribution in [2.24, 2.45) is 0 Å². The average Bonchev–Trinajstić information content (AvgIpc) is 2.47. The number of hydrogen-bond donors (Lipinski definition) is 1. The molecule has 0 bridgehead atoms. The van der Waals surface area contributed by atoms with Crippen LogP contribution in [-0.2, 0) is 10.0 Å². The van der Waals surface area contributed by atoms with Crippen LogP contribution >= 0.6 is 11.6 Å². The highest BCUT2D eigenvalue weighted by Gasteiger charge is 2.15. The molecule has 0 unspecified atom stereocenters. The number of nitrogens with zero attached hydrogens (tertiary/aromatic N) is 1. The smallest absolute Gasteiger partial charge is 0.255 e. The van der Waals surface area contributed by atoms with Gasteiger partial charge < -0.3 is 5.32 Å². The van der Waals surface area contributed by atoms with Crippen LogP contribution in [0, 0.1) is 0 Å². The van der Waals surface area contributed by atoms with Crippen molar-refractivity contribution in [2.45, 2.75) is 6.92 Å². The van der Waals surface area contributed by atoms with E-state index in [1.807, 2.05) is 0 Å². The number of halogens is 1. The first-order valence-electron chi connectivity index (χ1n) is 6.96. The Morgan fingerprint density at radius 3 is 2.35 bits per heavy atom. The van der Waals surface area contributed by atoms with Gasteiger partial charge in [0.1, 0.15) is 0 Å². The van der Waals surface area contributed by atoms with Crippen LogP contribution in [-0.4, -0.2) is 27.1 Å². The van der Waals surface area contributed by atoms with Crippen molar-refractivity contribution in [1.29, 1.82) is 0 Å². The zero-order valence-electron chi connectivity index (χ0n) is 12.8. The molecule has 7 heteroatoms. The molecule has 0 radical (unpaired) electrons. The van der Waals surface area contributed by atoms with Gasteiger partial charge >= 0.3 is 0 Å². The fourth-order valence-corrected chi connectivity index (χ4v) is 3.32. The topological polar surface area (TPSA) is 66.5 Å². The standard InChI is InChI=1S/C16H17ClN2O3S/c1-3-19(23(2,21)22)15-9-7-12(8-10-15)16(20)18-14-6-4-5-13(17)11-14/h4-11H,3H2,1-2H3,(H,18,20). The maximum absolute atomic E-state index is 12.2. The molecular weight excluding hydrogens is 336 g/mol. The largest absolute Gasteiger partial charge is 0.322 e. The van der Waals surface area contributed by atoms with Crippen LogP contribution in [0.3, 0.4) is 0 Å². The van der Waals surface area contributed by atoms with Crippen LogP contribution < -0.4 is 9.62 Å². The van der Waals surface area contributed by atoms with Crippen LogP contribution in [0.4, 0.5) is 11.4 Å². The summed E-state index contributed by atoms with van der Waals surface area (Å²) in [6, 6.07) is 13.2. The maximum Gasteiger partial charge on any atom is 0.255 e. The van der Waals surface area contributed by atoms with E-state index in [0.29, 0.717) is 28.5 Å². The minimum absolute atomic E-state index is 0.291. The molecule has 1 N–H and O–H groups in total. The van der Waals surface area contributed by atoms with Gasteiger partial charge in [-0.2, -0.15) is 0 Å². The van der Waals surface area contributed by atoms with Gasteiger partial charge in [0.15, 0.2) is 0 Å². The summed E-state index contributed by atoms with van der Waals surface area (Å²) in [5, 5.41) is 3.27. The number of carbonyl (C=O) groups excluding carboxylic acids is 1. The molecule has 0 saturated carbocycles. The van der Waals surface area contributed by atoms with Gasteiger partial charge in [-0.15, -0.1) is 0 Å². The normalized spacial score (nSPS) is 11.1. The summed E-state index contributed by atoms with van der Waals surface area (Å²) >= 11 is 5.87. The number of rotatable bonds is 5. The number of amides is 1. The molecule has 2 rings (SSSR count). The molecule has 23 heavy (non-hydrogen) atoms. The highest BCUT2D eigenvalue weighted by Crippen LogP contribution is 2.19. The lowest BCUT2D eigenvalue weighted by Crippen LogP contribution is -2.29. The fourth-order valence-electron chi connectivity index (χ4n) is 2.16. The Labute approximate surface area is 140 Å². The van der Waals surface area contributed by atoms with Crippen LogP contribution in [0.2, 0.25) is 5.02 Å². The first kappa shape index (κ1) is 17.3. The van der Waals surface area contributed by atoms with E-state index in [1.165, 1.54) is 4.31 Å². The number of sulfonamides is 1. The molecule has 0 aromatic heterocycles. The van der Waals surface area contributed by atoms with Crippen LogP contribution in [0.5, 0.6) is 0 Å². The third kappa shape index (κ3) is 4.46. The second kappa shape index (κ2) is 7.02. The fraction of sp³-hybridized carbons (Fsp3) is 0.188. The quantitative estimate of drug-likeness (QED) is 0.897. The number of benzene rings is 2. The van der Waals surface area contributed by atoms with E-state index in [1.54, 1.807) is 55.5 Å². The first-order chi connectivity index (χ1) is 10.8. The van der Waals surface area contributed by atoms with Crippen molar-refractivity contribution in [3.05, 3.63) is 59.1 Å². The Morgan fingerprint density at radius 1 is 1.17 bits per heavy atom. The summed E-state index contributed by atoms with van der Waals surface area (Å²) in [4.78, 5) is 12.2. The van der Waals surface area contributed by atoms with E-state index in [4.69, 9.17) is 11.6 Å². The van der Waals surface area contributed by atoms with Gasteiger partial charge in [-0.25, -0.2) is 8.42 Å². The Balaban J connectivity index is 2.17. The summed E-state index contributed by atoms with van der Waals surface area (Å²) in [5.41, 5.74) is 1.55. The average molecular weight is 353 g/mol. The molecule has 0 saturated heterocycles. The molecule has 0 heterocycles. The Bertz CT molecular complexity index is 804. The molecule has 0 fully saturated rings. The van der Waals surface area contributed by atoms with E-state index in [2.05, 4.69) is 5.32 Å². The third-order valence-electron chi connectivity index (χ3n) is 3.19. The van der Waals surface area contributed by atoms with Crippen molar-refractivity contribution in [1.82, 2.24) is 0 Å². The molecule has 0 aliphatic heterocycles. The summed E-state index contributed by atoms with van der Waals surface area (Å²) in [6.45, 7) is 2.08. The van der Waals surface area contributed by atoms with Crippen molar-refractivity contribution in [3.8, 4) is 0 Å². The minimum atomic E-state index is -3.34. The predicted octanol–water partition coefficient (Wildman–Crippen LogP) is 3.38.